The zero-order chi connectivity index (χ0) is 13.5. The Bertz CT molecular complexity index is 408. The Kier molecular flexibility index (Phi) is 5.52. The van der Waals surface area contributed by atoms with Gasteiger partial charge in [-0.3, -0.25) is 4.99 Å². The molecule has 0 saturated heterocycles. The van der Waals surface area contributed by atoms with Crippen molar-refractivity contribution in [2.75, 3.05) is 6.54 Å². The lowest BCUT2D eigenvalue weighted by Crippen LogP contribution is -2.41. The van der Waals surface area contributed by atoms with Gasteiger partial charge in [-0.2, -0.15) is 0 Å². The number of nitrogens with two attached hydrogens (primary N) is 1. The quantitative estimate of drug-likeness (QED) is 0.657. The highest BCUT2D eigenvalue weighted by Gasteiger charge is 2.12. The van der Waals surface area contributed by atoms with Gasteiger partial charge in [0.05, 0.1) is 0 Å². The fourth-order valence-corrected chi connectivity index (χ4v) is 2.58. The van der Waals surface area contributed by atoms with Crippen LogP contribution in [0.3, 0.4) is 0 Å². The number of guanidine groups is 1. The molecule has 1 aliphatic carbocycles. The Morgan fingerprint density at radius 1 is 1.21 bits per heavy atom. The molecule has 1 aromatic carbocycles. The first kappa shape index (κ1) is 14.2. The SMILES string of the molecule is NC(=NCCc1ccc(Cl)cc1)NC1CCCCC1. The van der Waals surface area contributed by atoms with Crippen LogP contribution in [0, 0.1) is 0 Å². The molecule has 0 aromatic heterocycles. The van der Waals surface area contributed by atoms with Crippen molar-refractivity contribution < 1.29 is 0 Å². The fraction of sp³-hybridized carbons (Fsp3) is 0.533. The van der Waals surface area contributed by atoms with Crippen molar-refractivity contribution in [2.45, 2.75) is 44.6 Å². The topological polar surface area (TPSA) is 50.4 Å². The van der Waals surface area contributed by atoms with Gasteiger partial charge >= 0.3 is 0 Å². The zero-order valence-electron chi connectivity index (χ0n) is 11.2. The van der Waals surface area contributed by atoms with Crippen molar-refractivity contribution in [1.29, 1.82) is 0 Å². The number of benzene rings is 1. The van der Waals surface area contributed by atoms with Gasteiger partial charge in [0, 0.05) is 17.6 Å². The van der Waals surface area contributed by atoms with Gasteiger partial charge in [0.25, 0.3) is 0 Å². The van der Waals surface area contributed by atoms with Crippen LogP contribution in [-0.4, -0.2) is 18.5 Å². The van der Waals surface area contributed by atoms with E-state index in [0.717, 1.165) is 11.4 Å². The molecule has 19 heavy (non-hydrogen) atoms. The maximum absolute atomic E-state index is 5.91. The largest absolute Gasteiger partial charge is 0.370 e. The second-order valence-electron chi connectivity index (χ2n) is 5.12. The number of nitrogens with zero attached hydrogens (tertiary/aromatic N) is 1. The lowest BCUT2D eigenvalue weighted by atomic mass is 9.96. The van der Waals surface area contributed by atoms with E-state index >= 15 is 0 Å². The smallest absolute Gasteiger partial charge is 0.188 e. The van der Waals surface area contributed by atoms with Gasteiger partial charge in [0.2, 0.25) is 0 Å². The second kappa shape index (κ2) is 7.39. The van der Waals surface area contributed by atoms with Crippen molar-refractivity contribution in [3.05, 3.63) is 34.9 Å². The molecule has 0 radical (unpaired) electrons. The van der Waals surface area contributed by atoms with Crippen LogP contribution in [0.4, 0.5) is 0 Å². The maximum atomic E-state index is 5.91. The summed E-state index contributed by atoms with van der Waals surface area (Å²) in [6.07, 6.45) is 7.28. The lowest BCUT2D eigenvalue weighted by Gasteiger charge is -2.23. The highest BCUT2D eigenvalue weighted by atomic mass is 35.5. The summed E-state index contributed by atoms with van der Waals surface area (Å²) in [5, 5.41) is 4.09. The van der Waals surface area contributed by atoms with E-state index in [4.69, 9.17) is 17.3 Å². The van der Waals surface area contributed by atoms with Crippen LogP contribution in [0.2, 0.25) is 5.02 Å². The zero-order valence-corrected chi connectivity index (χ0v) is 12.0. The van der Waals surface area contributed by atoms with Crippen molar-refractivity contribution in [1.82, 2.24) is 5.32 Å². The highest BCUT2D eigenvalue weighted by Crippen LogP contribution is 2.17. The Morgan fingerprint density at radius 2 is 1.89 bits per heavy atom. The summed E-state index contributed by atoms with van der Waals surface area (Å²) in [6.45, 7) is 0.715. The third kappa shape index (κ3) is 5.11. The van der Waals surface area contributed by atoms with Crippen molar-refractivity contribution in [2.24, 2.45) is 10.7 Å². The average Bonchev–Trinajstić information content (AvgIpc) is 2.42. The molecule has 1 saturated carbocycles. The summed E-state index contributed by atoms with van der Waals surface area (Å²) in [6, 6.07) is 8.40. The standard InChI is InChI=1S/C15H22ClN3/c16-13-8-6-12(7-9-13)10-11-18-15(17)19-14-4-2-1-3-5-14/h6-9,14H,1-5,10-11H2,(H3,17,18,19). The molecule has 0 heterocycles. The van der Waals surface area contributed by atoms with Crippen LogP contribution in [0.1, 0.15) is 37.7 Å². The van der Waals surface area contributed by atoms with Crippen LogP contribution in [0.15, 0.2) is 29.3 Å². The maximum Gasteiger partial charge on any atom is 0.188 e. The number of nitrogens with one attached hydrogen (secondary N) is 1. The third-order valence-corrected chi connectivity index (χ3v) is 3.81. The van der Waals surface area contributed by atoms with Gasteiger partial charge < -0.3 is 11.1 Å². The number of hydrogen-bond donors (Lipinski definition) is 2. The Hall–Kier alpha value is -1.22. The molecule has 3 N–H and O–H groups in total. The van der Waals surface area contributed by atoms with E-state index < -0.39 is 0 Å². The van der Waals surface area contributed by atoms with Gasteiger partial charge in [-0.1, -0.05) is 43.0 Å². The first-order valence-electron chi connectivity index (χ1n) is 7.05. The predicted molar refractivity (Wildman–Crippen MR) is 81.7 cm³/mol. The highest BCUT2D eigenvalue weighted by molar-refractivity contribution is 6.30. The number of aliphatic imine (C=N–C) groups is 1. The molecule has 1 aliphatic rings. The summed E-state index contributed by atoms with van der Waals surface area (Å²) in [4.78, 5) is 4.39. The predicted octanol–water partition coefficient (Wildman–Crippen LogP) is 3.12. The molecule has 104 valence electrons. The first-order chi connectivity index (χ1) is 9.24. The molecule has 0 bridgehead atoms. The van der Waals surface area contributed by atoms with E-state index in [2.05, 4.69) is 10.3 Å². The van der Waals surface area contributed by atoms with Crippen LogP contribution in [-0.2, 0) is 6.42 Å². The monoisotopic (exact) mass is 279 g/mol. The molecule has 2 rings (SSSR count). The molecular weight excluding hydrogens is 258 g/mol. The van der Waals surface area contributed by atoms with Gasteiger partial charge in [0.1, 0.15) is 0 Å². The third-order valence-electron chi connectivity index (χ3n) is 3.55. The molecule has 0 aliphatic heterocycles. The van der Waals surface area contributed by atoms with Crippen LogP contribution < -0.4 is 11.1 Å². The van der Waals surface area contributed by atoms with Crippen molar-refractivity contribution in [3.8, 4) is 0 Å². The summed E-state index contributed by atoms with van der Waals surface area (Å²) < 4.78 is 0. The fourth-order valence-electron chi connectivity index (χ4n) is 2.46. The first-order valence-corrected chi connectivity index (χ1v) is 7.43. The molecule has 1 aromatic rings. The van der Waals surface area contributed by atoms with E-state index in [1.54, 1.807) is 0 Å². The minimum absolute atomic E-state index is 0.521. The number of hydrogen-bond acceptors (Lipinski definition) is 1. The molecule has 0 spiro atoms. The van der Waals surface area contributed by atoms with Crippen molar-refractivity contribution in [3.63, 3.8) is 0 Å². The second-order valence-corrected chi connectivity index (χ2v) is 5.56. The van der Waals surface area contributed by atoms with Crippen LogP contribution in [0.5, 0.6) is 0 Å². The van der Waals surface area contributed by atoms with E-state index in [1.165, 1.54) is 37.7 Å². The number of halogens is 1. The number of rotatable bonds is 4. The molecule has 0 atom stereocenters. The van der Waals surface area contributed by atoms with Crippen LogP contribution in [0.25, 0.3) is 0 Å². The normalized spacial score (nSPS) is 17.4. The summed E-state index contributed by atoms with van der Waals surface area (Å²) >= 11 is 5.85. The Morgan fingerprint density at radius 3 is 2.58 bits per heavy atom. The Balaban J connectivity index is 1.73. The van der Waals surface area contributed by atoms with E-state index in [1.807, 2.05) is 24.3 Å². The summed E-state index contributed by atoms with van der Waals surface area (Å²) in [5.74, 6) is 0.584. The minimum Gasteiger partial charge on any atom is -0.370 e. The van der Waals surface area contributed by atoms with E-state index in [9.17, 15) is 0 Å². The minimum atomic E-state index is 0.521. The van der Waals surface area contributed by atoms with E-state index in [-0.39, 0.29) is 0 Å². The van der Waals surface area contributed by atoms with Crippen LogP contribution >= 0.6 is 11.6 Å². The molecule has 4 heteroatoms. The van der Waals surface area contributed by atoms with Gasteiger partial charge in [-0.05, 0) is 37.0 Å². The van der Waals surface area contributed by atoms with Gasteiger partial charge in [0.15, 0.2) is 5.96 Å². The summed E-state index contributed by atoms with van der Waals surface area (Å²) in [7, 11) is 0. The van der Waals surface area contributed by atoms with Gasteiger partial charge in [-0.15, -0.1) is 0 Å². The molecule has 3 nitrogen and oxygen atoms in total. The average molecular weight is 280 g/mol. The molecule has 0 amide bonds. The molecular formula is C15H22ClN3. The molecule has 0 unspecified atom stereocenters. The van der Waals surface area contributed by atoms with E-state index in [0.29, 0.717) is 18.5 Å². The van der Waals surface area contributed by atoms with Gasteiger partial charge in [-0.25, -0.2) is 0 Å². The summed E-state index contributed by atoms with van der Waals surface area (Å²) in [5.41, 5.74) is 7.15. The Labute approximate surface area is 120 Å². The van der Waals surface area contributed by atoms with Crippen molar-refractivity contribution >= 4 is 17.6 Å². The molecule has 1 fully saturated rings. The lowest BCUT2D eigenvalue weighted by molar-refractivity contribution is 0.412.